The summed E-state index contributed by atoms with van der Waals surface area (Å²) in [5.41, 5.74) is 0. The molecule has 1 N–H and O–H groups in total. The van der Waals surface area contributed by atoms with Gasteiger partial charge in [0.1, 0.15) is 4.21 Å². The average Bonchev–Trinajstić information content (AvgIpc) is 2.88. The minimum absolute atomic E-state index is 0.168. The Kier molecular flexibility index (Phi) is 7.17. The number of halogens is 3. The molecule has 0 aliphatic carbocycles. The standard InChI is InChI=1S/C13H18Cl3NO3S2/c1-8(2)7-10(9(3)12(18)13(14,15)16)17-22(19,20)11-5-4-6-21-11/h4-6,8-10,17H,7H2,1-3H3/t9-,10+/m0/s1. The number of nitrogens with one attached hydrogen (secondary N) is 1. The lowest BCUT2D eigenvalue weighted by Crippen LogP contribution is -2.45. The van der Waals surface area contributed by atoms with Crippen LogP contribution in [0.2, 0.25) is 0 Å². The predicted molar refractivity (Wildman–Crippen MR) is 92.3 cm³/mol. The largest absolute Gasteiger partial charge is 0.294 e. The van der Waals surface area contributed by atoms with Crippen LogP contribution in [0, 0.1) is 11.8 Å². The SMILES string of the molecule is CC(C)C[C@@H](NS(=O)(=O)c1cccs1)[C@H](C)C(=O)C(Cl)(Cl)Cl. The lowest BCUT2D eigenvalue weighted by molar-refractivity contribution is -0.122. The number of thiophene rings is 1. The Bertz CT molecular complexity index is 595. The molecule has 22 heavy (non-hydrogen) atoms. The number of Topliss-reactive ketones (excluding diaryl/α,β-unsaturated/α-hetero) is 1. The summed E-state index contributed by atoms with van der Waals surface area (Å²) in [4.78, 5) is 12.1. The van der Waals surface area contributed by atoms with Crippen molar-refractivity contribution in [3.8, 4) is 0 Å². The minimum Gasteiger partial charge on any atom is -0.294 e. The molecule has 0 aromatic carbocycles. The van der Waals surface area contributed by atoms with Gasteiger partial charge >= 0.3 is 0 Å². The van der Waals surface area contributed by atoms with Gasteiger partial charge in [0.05, 0.1) is 0 Å². The molecule has 2 atom stereocenters. The van der Waals surface area contributed by atoms with E-state index in [1.807, 2.05) is 13.8 Å². The van der Waals surface area contributed by atoms with E-state index in [1.165, 1.54) is 6.07 Å². The van der Waals surface area contributed by atoms with Crippen LogP contribution in [0.5, 0.6) is 0 Å². The molecule has 0 fully saturated rings. The van der Waals surface area contributed by atoms with Gasteiger partial charge in [-0.1, -0.05) is 61.6 Å². The van der Waals surface area contributed by atoms with Crippen LogP contribution in [-0.2, 0) is 14.8 Å². The first-order chi connectivity index (χ1) is 9.95. The van der Waals surface area contributed by atoms with Gasteiger partial charge in [-0.15, -0.1) is 11.3 Å². The van der Waals surface area contributed by atoms with Crippen molar-refractivity contribution in [3.05, 3.63) is 17.5 Å². The Balaban J connectivity index is 3.02. The van der Waals surface area contributed by atoms with Gasteiger partial charge in [0.25, 0.3) is 0 Å². The monoisotopic (exact) mass is 405 g/mol. The van der Waals surface area contributed by atoms with E-state index in [2.05, 4.69) is 4.72 Å². The topological polar surface area (TPSA) is 63.2 Å². The molecule has 1 rings (SSSR count). The number of alkyl halides is 3. The van der Waals surface area contributed by atoms with Crippen molar-refractivity contribution in [2.45, 2.75) is 41.2 Å². The Labute approximate surface area is 150 Å². The van der Waals surface area contributed by atoms with Gasteiger partial charge < -0.3 is 0 Å². The van der Waals surface area contributed by atoms with Crippen molar-refractivity contribution >= 4 is 61.9 Å². The van der Waals surface area contributed by atoms with E-state index >= 15 is 0 Å². The first kappa shape index (κ1) is 20.2. The van der Waals surface area contributed by atoms with Crippen LogP contribution < -0.4 is 4.72 Å². The molecular formula is C13H18Cl3NO3S2. The molecule has 0 aliphatic heterocycles. The second-order valence-electron chi connectivity index (χ2n) is 5.44. The van der Waals surface area contributed by atoms with Gasteiger partial charge in [0.2, 0.25) is 13.8 Å². The molecule has 4 nitrogen and oxygen atoms in total. The number of hydrogen-bond donors (Lipinski definition) is 1. The molecule has 0 unspecified atom stereocenters. The van der Waals surface area contributed by atoms with E-state index in [9.17, 15) is 13.2 Å². The van der Waals surface area contributed by atoms with Crippen LogP contribution in [-0.4, -0.2) is 24.0 Å². The summed E-state index contributed by atoms with van der Waals surface area (Å²) in [6, 6.07) is 2.50. The predicted octanol–water partition coefficient (Wildman–Crippen LogP) is 4.02. The molecule has 0 radical (unpaired) electrons. The molecule has 126 valence electrons. The van der Waals surface area contributed by atoms with Gasteiger partial charge in [-0.2, -0.15) is 0 Å². The summed E-state index contributed by atoms with van der Waals surface area (Å²) < 4.78 is 25.4. The first-order valence-corrected chi connectivity index (χ1v) is 10.1. The van der Waals surface area contributed by atoms with Gasteiger partial charge in [-0.05, 0) is 23.8 Å². The third-order valence-corrected chi connectivity index (χ3v) is 6.53. The van der Waals surface area contributed by atoms with Crippen LogP contribution in [0.1, 0.15) is 27.2 Å². The maximum absolute atomic E-state index is 12.4. The van der Waals surface area contributed by atoms with Crippen molar-refractivity contribution in [3.63, 3.8) is 0 Å². The van der Waals surface area contributed by atoms with Gasteiger partial charge in [0, 0.05) is 12.0 Å². The highest BCUT2D eigenvalue weighted by Gasteiger charge is 2.39. The van der Waals surface area contributed by atoms with E-state index in [1.54, 1.807) is 18.4 Å². The highest BCUT2D eigenvalue weighted by atomic mass is 35.6. The van der Waals surface area contributed by atoms with Gasteiger partial charge in [-0.25, -0.2) is 13.1 Å². The zero-order valence-electron chi connectivity index (χ0n) is 12.3. The summed E-state index contributed by atoms with van der Waals surface area (Å²) in [6.45, 7) is 5.42. The number of rotatable bonds is 7. The highest BCUT2D eigenvalue weighted by molar-refractivity contribution is 7.91. The Morgan fingerprint density at radius 3 is 2.32 bits per heavy atom. The van der Waals surface area contributed by atoms with E-state index < -0.39 is 31.6 Å². The third kappa shape index (κ3) is 5.65. The summed E-state index contributed by atoms with van der Waals surface area (Å²) in [7, 11) is -3.70. The maximum Gasteiger partial charge on any atom is 0.250 e. The summed E-state index contributed by atoms with van der Waals surface area (Å²) in [6.07, 6.45) is 0.457. The van der Waals surface area contributed by atoms with Gasteiger partial charge in [0.15, 0.2) is 5.78 Å². The molecule has 0 saturated carbocycles. The number of ketones is 1. The Morgan fingerprint density at radius 2 is 1.91 bits per heavy atom. The molecule has 1 heterocycles. The zero-order valence-corrected chi connectivity index (χ0v) is 16.2. The van der Waals surface area contributed by atoms with Crippen molar-refractivity contribution in [1.82, 2.24) is 4.72 Å². The summed E-state index contributed by atoms with van der Waals surface area (Å²) in [5, 5.41) is 1.67. The number of hydrogen-bond acceptors (Lipinski definition) is 4. The lowest BCUT2D eigenvalue weighted by Gasteiger charge is -2.27. The summed E-state index contributed by atoms with van der Waals surface area (Å²) >= 11 is 18.0. The fourth-order valence-corrected chi connectivity index (χ4v) is 4.83. The van der Waals surface area contributed by atoms with Crippen LogP contribution in [0.15, 0.2) is 21.7 Å². The highest BCUT2D eigenvalue weighted by Crippen LogP contribution is 2.32. The average molecular weight is 407 g/mol. The Morgan fingerprint density at radius 1 is 1.32 bits per heavy atom. The van der Waals surface area contributed by atoms with Crippen molar-refractivity contribution in [2.75, 3.05) is 0 Å². The van der Waals surface area contributed by atoms with Crippen molar-refractivity contribution in [1.29, 1.82) is 0 Å². The Hall–Kier alpha value is 0.150. The molecule has 0 amide bonds. The number of carbonyl (C=O) groups excluding carboxylic acids is 1. The van der Waals surface area contributed by atoms with Crippen molar-refractivity contribution in [2.24, 2.45) is 11.8 Å². The fourth-order valence-electron chi connectivity index (χ4n) is 1.98. The van der Waals surface area contributed by atoms with E-state index in [0.29, 0.717) is 6.42 Å². The van der Waals surface area contributed by atoms with Gasteiger partial charge in [-0.3, -0.25) is 4.79 Å². The third-order valence-electron chi connectivity index (χ3n) is 3.09. The second kappa shape index (κ2) is 7.81. The van der Waals surface area contributed by atoms with Crippen LogP contribution >= 0.6 is 46.1 Å². The molecule has 0 spiro atoms. The molecule has 9 heteroatoms. The van der Waals surface area contributed by atoms with Crippen LogP contribution in [0.3, 0.4) is 0 Å². The molecular weight excluding hydrogens is 389 g/mol. The van der Waals surface area contributed by atoms with E-state index in [-0.39, 0.29) is 10.1 Å². The summed E-state index contributed by atoms with van der Waals surface area (Å²) in [5.74, 6) is -1.22. The van der Waals surface area contributed by atoms with Crippen LogP contribution in [0.4, 0.5) is 0 Å². The van der Waals surface area contributed by atoms with E-state index in [0.717, 1.165) is 11.3 Å². The molecule has 0 aliphatic rings. The normalized spacial score (nSPS) is 15.8. The van der Waals surface area contributed by atoms with E-state index in [4.69, 9.17) is 34.8 Å². The second-order valence-corrected chi connectivity index (χ2v) is 10.6. The number of carbonyl (C=O) groups is 1. The molecule has 1 aromatic rings. The smallest absolute Gasteiger partial charge is 0.250 e. The quantitative estimate of drug-likeness (QED) is 0.696. The van der Waals surface area contributed by atoms with Crippen LogP contribution in [0.25, 0.3) is 0 Å². The lowest BCUT2D eigenvalue weighted by atomic mass is 9.91. The minimum atomic E-state index is -3.70. The molecule has 0 saturated heterocycles. The fraction of sp³-hybridized carbons (Fsp3) is 0.615. The number of sulfonamides is 1. The zero-order chi connectivity index (χ0) is 17.1. The van der Waals surface area contributed by atoms with Crippen molar-refractivity contribution < 1.29 is 13.2 Å². The molecule has 0 bridgehead atoms. The molecule has 1 aromatic heterocycles. The first-order valence-electron chi connectivity index (χ1n) is 6.62. The maximum atomic E-state index is 12.4.